The summed E-state index contributed by atoms with van der Waals surface area (Å²) >= 11 is 7.86. The molecule has 0 unspecified atom stereocenters. The number of anilines is 2. The molecule has 7 heteroatoms. The minimum atomic E-state index is 0.686. The minimum absolute atomic E-state index is 0.686. The van der Waals surface area contributed by atoms with Gasteiger partial charge in [-0.1, -0.05) is 11.6 Å². The van der Waals surface area contributed by atoms with E-state index in [9.17, 15) is 0 Å². The number of hydrogen-bond acceptors (Lipinski definition) is 6. The highest BCUT2D eigenvalue weighted by Crippen LogP contribution is 2.23. The maximum atomic E-state index is 6.17. The number of piperazine rings is 1. The summed E-state index contributed by atoms with van der Waals surface area (Å²) < 4.78 is 0. The lowest BCUT2D eigenvalue weighted by Crippen LogP contribution is -2.46. The van der Waals surface area contributed by atoms with Gasteiger partial charge in [-0.3, -0.25) is 0 Å². The van der Waals surface area contributed by atoms with Crippen molar-refractivity contribution in [1.29, 1.82) is 0 Å². The van der Waals surface area contributed by atoms with E-state index in [1.807, 2.05) is 30.8 Å². The predicted molar refractivity (Wildman–Crippen MR) is 88.6 cm³/mol. The first-order valence-corrected chi connectivity index (χ1v) is 8.23. The van der Waals surface area contributed by atoms with Crippen molar-refractivity contribution >= 4 is 33.9 Å². The van der Waals surface area contributed by atoms with Crippen molar-refractivity contribution in [2.45, 2.75) is 6.54 Å². The molecule has 1 saturated heterocycles. The summed E-state index contributed by atoms with van der Waals surface area (Å²) in [6, 6.07) is 3.93. The van der Waals surface area contributed by atoms with Crippen LogP contribution in [-0.2, 0) is 6.54 Å². The molecule has 2 aromatic rings. The van der Waals surface area contributed by atoms with E-state index < -0.39 is 0 Å². The van der Waals surface area contributed by atoms with Gasteiger partial charge in [0.1, 0.15) is 5.82 Å². The Kier molecular flexibility index (Phi) is 4.57. The normalized spacial score (nSPS) is 15.5. The van der Waals surface area contributed by atoms with Crippen molar-refractivity contribution in [3.8, 4) is 0 Å². The summed E-state index contributed by atoms with van der Waals surface area (Å²) in [4.78, 5) is 13.7. The summed E-state index contributed by atoms with van der Waals surface area (Å²) in [7, 11) is 1.90. The summed E-state index contributed by atoms with van der Waals surface area (Å²) in [5, 5.41) is 6.94. The molecule has 0 atom stereocenters. The number of aromatic nitrogens is 2. The van der Waals surface area contributed by atoms with Crippen molar-refractivity contribution in [3.63, 3.8) is 0 Å². The maximum Gasteiger partial charge on any atom is 0.185 e. The molecule has 1 fully saturated rings. The fourth-order valence-electron chi connectivity index (χ4n) is 2.44. The first kappa shape index (κ1) is 14.6. The summed E-state index contributed by atoms with van der Waals surface area (Å²) in [6.07, 6.45) is 1.86. The van der Waals surface area contributed by atoms with E-state index in [4.69, 9.17) is 11.6 Å². The van der Waals surface area contributed by atoms with Crippen LogP contribution in [0.2, 0.25) is 5.02 Å². The van der Waals surface area contributed by atoms with E-state index in [1.54, 1.807) is 11.3 Å². The molecule has 0 aromatic carbocycles. The molecular formula is C14H18ClN5S. The zero-order valence-electron chi connectivity index (χ0n) is 11.9. The molecule has 0 aliphatic carbocycles. The Morgan fingerprint density at radius 1 is 1.24 bits per heavy atom. The van der Waals surface area contributed by atoms with E-state index in [0.717, 1.165) is 47.8 Å². The quantitative estimate of drug-likeness (QED) is 0.935. The summed E-state index contributed by atoms with van der Waals surface area (Å²) in [6.45, 7) is 4.53. The van der Waals surface area contributed by atoms with Crippen LogP contribution in [-0.4, -0.2) is 43.2 Å². The molecule has 5 nitrogen and oxygen atoms in total. The van der Waals surface area contributed by atoms with Gasteiger partial charge in [0, 0.05) is 44.3 Å². The molecule has 1 aliphatic rings. The maximum absolute atomic E-state index is 6.17. The van der Waals surface area contributed by atoms with Gasteiger partial charge in [0.25, 0.3) is 0 Å². The van der Waals surface area contributed by atoms with Gasteiger partial charge in [0.05, 0.1) is 10.7 Å². The number of nitrogens with zero attached hydrogens (tertiary/aromatic N) is 4. The van der Waals surface area contributed by atoms with Gasteiger partial charge in [0.2, 0.25) is 0 Å². The van der Waals surface area contributed by atoms with Gasteiger partial charge >= 0.3 is 0 Å². The third-order valence-electron chi connectivity index (χ3n) is 3.54. The Labute approximate surface area is 133 Å². The van der Waals surface area contributed by atoms with E-state index in [0.29, 0.717) is 6.54 Å². The summed E-state index contributed by atoms with van der Waals surface area (Å²) in [5.74, 6) is 1.00. The Morgan fingerprint density at radius 3 is 2.67 bits per heavy atom. The standard InChI is InChI=1S/C14H18ClN5S/c1-16-10-12-11(15)2-3-13(18-12)19-5-7-20(8-6-19)14-17-4-9-21-14/h2-4,9,16H,5-8,10H2,1H3. The van der Waals surface area contributed by atoms with Crippen molar-refractivity contribution < 1.29 is 0 Å². The lowest BCUT2D eigenvalue weighted by molar-refractivity contribution is 0.643. The summed E-state index contributed by atoms with van der Waals surface area (Å²) in [5.41, 5.74) is 0.902. The second-order valence-electron chi connectivity index (χ2n) is 4.92. The fraction of sp³-hybridized carbons (Fsp3) is 0.429. The van der Waals surface area contributed by atoms with Crippen LogP contribution in [0.5, 0.6) is 0 Å². The lowest BCUT2D eigenvalue weighted by Gasteiger charge is -2.35. The molecule has 3 heterocycles. The van der Waals surface area contributed by atoms with Crippen LogP contribution in [0.3, 0.4) is 0 Å². The minimum Gasteiger partial charge on any atom is -0.353 e. The van der Waals surface area contributed by atoms with Crippen LogP contribution in [0.4, 0.5) is 10.9 Å². The van der Waals surface area contributed by atoms with E-state index >= 15 is 0 Å². The van der Waals surface area contributed by atoms with Crippen LogP contribution in [0.15, 0.2) is 23.7 Å². The van der Waals surface area contributed by atoms with Gasteiger partial charge in [0.15, 0.2) is 5.13 Å². The largest absolute Gasteiger partial charge is 0.353 e. The molecular weight excluding hydrogens is 306 g/mol. The van der Waals surface area contributed by atoms with E-state index in [2.05, 4.69) is 25.1 Å². The molecule has 1 N–H and O–H groups in total. The first-order chi connectivity index (χ1) is 10.3. The van der Waals surface area contributed by atoms with Crippen LogP contribution in [0, 0.1) is 0 Å². The van der Waals surface area contributed by atoms with Gasteiger partial charge in [-0.05, 0) is 19.2 Å². The monoisotopic (exact) mass is 323 g/mol. The predicted octanol–water partition coefficient (Wildman–Crippen LogP) is 2.24. The zero-order chi connectivity index (χ0) is 14.7. The highest BCUT2D eigenvalue weighted by Gasteiger charge is 2.20. The lowest BCUT2D eigenvalue weighted by atomic mass is 10.3. The van der Waals surface area contributed by atoms with E-state index in [1.165, 1.54) is 0 Å². The molecule has 0 radical (unpaired) electrons. The Balaban J connectivity index is 1.68. The second-order valence-corrected chi connectivity index (χ2v) is 6.20. The van der Waals surface area contributed by atoms with Crippen LogP contribution >= 0.6 is 22.9 Å². The third-order valence-corrected chi connectivity index (χ3v) is 4.72. The number of pyridine rings is 1. The first-order valence-electron chi connectivity index (χ1n) is 6.97. The smallest absolute Gasteiger partial charge is 0.185 e. The van der Waals surface area contributed by atoms with Gasteiger partial charge in [-0.15, -0.1) is 11.3 Å². The average molecular weight is 324 g/mol. The van der Waals surface area contributed by atoms with Crippen molar-refractivity contribution in [3.05, 3.63) is 34.4 Å². The highest BCUT2D eigenvalue weighted by atomic mass is 35.5. The van der Waals surface area contributed by atoms with Crippen LogP contribution < -0.4 is 15.1 Å². The van der Waals surface area contributed by atoms with Crippen molar-refractivity contribution in [2.24, 2.45) is 0 Å². The molecule has 112 valence electrons. The van der Waals surface area contributed by atoms with Crippen LogP contribution in [0.25, 0.3) is 0 Å². The number of rotatable bonds is 4. The molecule has 0 bridgehead atoms. The SMILES string of the molecule is CNCc1nc(N2CCN(c3nccs3)CC2)ccc1Cl. The van der Waals surface area contributed by atoms with Crippen LogP contribution in [0.1, 0.15) is 5.69 Å². The number of thiazole rings is 1. The zero-order valence-corrected chi connectivity index (χ0v) is 13.5. The number of nitrogens with one attached hydrogen (secondary N) is 1. The molecule has 0 amide bonds. The van der Waals surface area contributed by atoms with E-state index in [-0.39, 0.29) is 0 Å². The van der Waals surface area contributed by atoms with Crippen molar-refractivity contribution in [2.75, 3.05) is 43.0 Å². The second kappa shape index (κ2) is 6.60. The van der Waals surface area contributed by atoms with Gasteiger partial charge in [-0.25, -0.2) is 9.97 Å². The Morgan fingerprint density at radius 2 is 2.00 bits per heavy atom. The molecule has 0 saturated carbocycles. The van der Waals surface area contributed by atoms with Gasteiger partial charge in [-0.2, -0.15) is 0 Å². The van der Waals surface area contributed by atoms with Crippen molar-refractivity contribution in [1.82, 2.24) is 15.3 Å². The molecule has 3 rings (SSSR count). The Bertz CT molecular complexity index is 581. The van der Waals surface area contributed by atoms with Gasteiger partial charge < -0.3 is 15.1 Å². The molecule has 1 aliphatic heterocycles. The highest BCUT2D eigenvalue weighted by molar-refractivity contribution is 7.13. The molecule has 0 spiro atoms. The topological polar surface area (TPSA) is 44.3 Å². The average Bonchev–Trinajstić information content (AvgIpc) is 3.04. The molecule has 2 aromatic heterocycles. The number of hydrogen-bond donors (Lipinski definition) is 1. The Hall–Kier alpha value is -1.37. The fourth-order valence-corrected chi connectivity index (χ4v) is 3.31. The number of halogens is 1. The third kappa shape index (κ3) is 3.28. The molecule has 21 heavy (non-hydrogen) atoms.